The highest BCUT2D eigenvalue weighted by Crippen LogP contribution is 2.19. The van der Waals surface area contributed by atoms with Gasteiger partial charge in [-0.25, -0.2) is 0 Å². The van der Waals surface area contributed by atoms with E-state index >= 15 is 0 Å². The Morgan fingerprint density at radius 1 is 1.14 bits per heavy atom. The summed E-state index contributed by atoms with van der Waals surface area (Å²) < 4.78 is 0. The number of benzene rings is 2. The van der Waals surface area contributed by atoms with Crippen LogP contribution in [0.15, 0.2) is 48.5 Å². The normalized spacial score (nSPS) is 13.5. The van der Waals surface area contributed by atoms with Crippen molar-refractivity contribution in [3.63, 3.8) is 0 Å². The molecule has 0 radical (unpaired) electrons. The molecule has 0 amide bonds. The summed E-state index contributed by atoms with van der Waals surface area (Å²) in [4.78, 5) is 12.4. The van der Waals surface area contributed by atoms with Gasteiger partial charge in [0, 0.05) is 37.9 Å². The second-order valence-corrected chi connectivity index (χ2v) is 5.27. The monoisotopic (exact) mass is 302 g/mol. The van der Waals surface area contributed by atoms with E-state index in [1.54, 1.807) is 24.3 Å². The van der Waals surface area contributed by atoms with Crippen molar-refractivity contribution in [2.45, 2.75) is 6.54 Å². The Morgan fingerprint density at radius 2 is 1.86 bits per heavy atom. The number of halogens is 1. The predicted octanol–water partition coefficient (Wildman–Crippen LogP) is 3.38. The van der Waals surface area contributed by atoms with Crippen LogP contribution in [0.4, 0.5) is 5.69 Å². The molecule has 2 aromatic rings. The standard InChI is InChI=1S/C10H14N2.C7H5ClO/c1-12-7-6-11-8-9-4-2-3-5-10(9)12;8-7-4-2-1-3-6(7)5-9/h2-5,11H,6-8H2,1H3;1-5H. The Balaban J connectivity index is 0.000000161. The highest BCUT2D eigenvalue weighted by atomic mass is 35.5. The molecule has 0 atom stereocenters. The van der Waals surface area contributed by atoms with Crippen LogP contribution in [0.1, 0.15) is 15.9 Å². The van der Waals surface area contributed by atoms with Crippen LogP contribution in [0.5, 0.6) is 0 Å². The van der Waals surface area contributed by atoms with Gasteiger partial charge in [-0.15, -0.1) is 0 Å². The molecule has 0 bridgehead atoms. The molecule has 1 aliphatic rings. The number of likely N-dealkylation sites (N-methyl/N-ethyl adjacent to an activating group) is 1. The second kappa shape index (κ2) is 7.81. The predicted molar refractivity (Wildman–Crippen MR) is 88.3 cm³/mol. The van der Waals surface area contributed by atoms with E-state index in [4.69, 9.17) is 11.6 Å². The Labute approximate surface area is 130 Å². The van der Waals surface area contributed by atoms with Gasteiger partial charge in [-0.05, 0) is 17.7 Å². The Morgan fingerprint density at radius 3 is 2.57 bits per heavy atom. The molecule has 0 aliphatic carbocycles. The second-order valence-electron chi connectivity index (χ2n) is 4.87. The molecule has 1 aliphatic heterocycles. The zero-order chi connectivity index (χ0) is 15.1. The van der Waals surface area contributed by atoms with Crippen molar-refractivity contribution in [1.29, 1.82) is 0 Å². The smallest absolute Gasteiger partial charge is 0.151 e. The Hall–Kier alpha value is -1.84. The van der Waals surface area contributed by atoms with Gasteiger partial charge in [-0.3, -0.25) is 4.79 Å². The van der Waals surface area contributed by atoms with Gasteiger partial charge in [-0.1, -0.05) is 48.0 Å². The molecule has 0 fully saturated rings. The Bertz CT molecular complexity index is 601. The van der Waals surface area contributed by atoms with E-state index in [-0.39, 0.29) is 0 Å². The summed E-state index contributed by atoms with van der Waals surface area (Å²) in [6.07, 6.45) is 0.738. The molecule has 3 nitrogen and oxygen atoms in total. The lowest BCUT2D eigenvalue weighted by molar-refractivity contribution is 0.112. The zero-order valence-corrected chi connectivity index (χ0v) is 12.8. The fourth-order valence-electron chi connectivity index (χ4n) is 2.19. The third-order valence-electron chi connectivity index (χ3n) is 3.37. The largest absolute Gasteiger partial charge is 0.373 e. The zero-order valence-electron chi connectivity index (χ0n) is 12.1. The van der Waals surface area contributed by atoms with Crippen molar-refractivity contribution >= 4 is 23.6 Å². The lowest BCUT2D eigenvalue weighted by atomic mass is 10.2. The molecule has 21 heavy (non-hydrogen) atoms. The lowest BCUT2D eigenvalue weighted by Gasteiger charge is -2.18. The fourth-order valence-corrected chi connectivity index (χ4v) is 2.37. The fraction of sp³-hybridized carbons (Fsp3) is 0.235. The number of nitrogens with one attached hydrogen (secondary N) is 1. The van der Waals surface area contributed by atoms with E-state index in [2.05, 4.69) is 41.5 Å². The summed E-state index contributed by atoms with van der Waals surface area (Å²) >= 11 is 5.59. The molecule has 0 saturated carbocycles. The number of rotatable bonds is 1. The average Bonchev–Trinajstić information content (AvgIpc) is 2.71. The molecule has 3 rings (SSSR count). The van der Waals surface area contributed by atoms with Crippen LogP contribution in [-0.4, -0.2) is 26.4 Å². The number of carbonyl (C=O) groups excluding carboxylic acids is 1. The van der Waals surface area contributed by atoms with Crippen LogP contribution in [0, 0.1) is 0 Å². The van der Waals surface area contributed by atoms with E-state index in [1.165, 1.54) is 11.3 Å². The Kier molecular flexibility index (Phi) is 5.78. The van der Waals surface area contributed by atoms with E-state index in [9.17, 15) is 4.79 Å². The van der Waals surface area contributed by atoms with Crippen LogP contribution in [0.3, 0.4) is 0 Å². The first kappa shape index (κ1) is 15.5. The molecule has 0 spiro atoms. The van der Waals surface area contributed by atoms with Gasteiger partial charge < -0.3 is 10.2 Å². The third-order valence-corrected chi connectivity index (χ3v) is 3.72. The third kappa shape index (κ3) is 4.31. The topological polar surface area (TPSA) is 32.3 Å². The van der Waals surface area contributed by atoms with Gasteiger partial charge in [-0.2, -0.15) is 0 Å². The first-order chi connectivity index (χ1) is 10.2. The summed E-state index contributed by atoms with van der Waals surface area (Å²) in [6, 6.07) is 15.5. The molecular weight excluding hydrogens is 284 g/mol. The summed E-state index contributed by atoms with van der Waals surface area (Å²) in [7, 11) is 2.14. The van der Waals surface area contributed by atoms with E-state index in [1.807, 2.05) is 0 Å². The van der Waals surface area contributed by atoms with Gasteiger partial charge in [0.25, 0.3) is 0 Å². The quantitative estimate of drug-likeness (QED) is 0.820. The van der Waals surface area contributed by atoms with Gasteiger partial charge in [0.15, 0.2) is 6.29 Å². The molecule has 0 aromatic heterocycles. The molecule has 2 aromatic carbocycles. The summed E-state index contributed by atoms with van der Waals surface area (Å²) in [5, 5.41) is 3.90. The van der Waals surface area contributed by atoms with Gasteiger partial charge >= 0.3 is 0 Å². The first-order valence-corrected chi connectivity index (χ1v) is 7.29. The van der Waals surface area contributed by atoms with Gasteiger partial charge in [0.1, 0.15) is 0 Å². The number of hydrogen-bond donors (Lipinski definition) is 1. The van der Waals surface area contributed by atoms with Crippen LogP contribution in [0.2, 0.25) is 5.02 Å². The van der Waals surface area contributed by atoms with Crippen LogP contribution in [0.25, 0.3) is 0 Å². The van der Waals surface area contributed by atoms with E-state index < -0.39 is 0 Å². The minimum Gasteiger partial charge on any atom is -0.373 e. The minimum atomic E-state index is 0.507. The number of fused-ring (bicyclic) bond motifs is 1. The van der Waals surface area contributed by atoms with Crippen molar-refractivity contribution in [2.24, 2.45) is 0 Å². The lowest BCUT2D eigenvalue weighted by Crippen LogP contribution is -2.24. The van der Waals surface area contributed by atoms with Gasteiger partial charge in [0.05, 0.1) is 5.02 Å². The molecule has 110 valence electrons. The number of nitrogens with zero attached hydrogens (tertiary/aromatic N) is 1. The number of hydrogen-bond acceptors (Lipinski definition) is 3. The van der Waals surface area contributed by atoms with Crippen molar-refractivity contribution < 1.29 is 4.79 Å². The van der Waals surface area contributed by atoms with Crippen molar-refractivity contribution in [3.05, 3.63) is 64.7 Å². The molecule has 1 N–H and O–H groups in total. The summed E-state index contributed by atoms with van der Waals surface area (Å²) in [5.41, 5.74) is 3.30. The first-order valence-electron chi connectivity index (χ1n) is 6.92. The highest BCUT2D eigenvalue weighted by molar-refractivity contribution is 6.32. The maximum Gasteiger partial charge on any atom is 0.151 e. The van der Waals surface area contributed by atoms with Crippen LogP contribution < -0.4 is 10.2 Å². The number of aldehydes is 1. The molecule has 1 heterocycles. The minimum absolute atomic E-state index is 0.507. The maximum absolute atomic E-state index is 10.1. The number of carbonyl (C=O) groups is 1. The highest BCUT2D eigenvalue weighted by Gasteiger charge is 2.09. The van der Waals surface area contributed by atoms with E-state index in [0.29, 0.717) is 10.6 Å². The van der Waals surface area contributed by atoms with Gasteiger partial charge in [0.2, 0.25) is 0 Å². The number of anilines is 1. The molecular formula is C17H19ClN2O. The molecule has 0 saturated heterocycles. The molecule has 4 heteroatoms. The summed E-state index contributed by atoms with van der Waals surface area (Å²) in [5.74, 6) is 0. The van der Waals surface area contributed by atoms with Crippen LogP contribution >= 0.6 is 11.6 Å². The number of para-hydroxylation sites is 1. The SMILES string of the molecule is CN1CCNCc2ccccc21.O=Cc1ccccc1Cl. The average molecular weight is 303 g/mol. The van der Waals surface area contributed by atoms with Crippen molar-refractivity contribution in [2.75, 3.05) is 25.0 Å². The molecule has 0 unspecified atom stereocenters. The van der Waals surface area contributed by atoms with E-state index in [0.717, 1.165) is 25.9 Å². The van der Waals surface area contributed by atoms with Crippen LogP contribution in [-0.2, 0) is 6.54 Å². The summed E-state index contributed by atoms with van der Waals surface area (Å²) in [6.45, 7) is 3.17. The maximum atomic E-state index is 10.1. The van der Waals surface area contributed by atoms with Crippen molar-refractivity contribution in [3.8, 4) is 0 Å². The van der Waals surface area contributed by atoms with Crippen molar-refractivity contribution in [1.82, 2.24) is 5.32 Å².